The van der Waals surface area contributed by atoms with Gasteiger partial charge in [0.15, 0.2) is 0 Å². The maximum Gasteiger partial charge on any atom is 0.225 e. The summed E-state index contributed by atoms with van der Waals surface area (Å²) in [4.78, 5) is 16.9. The van der Waals surface area contributed by atoms with Crippen LogP contribution in [0.15, 0.2) is 42.6 Å². The van der Waals surface area contributed by atoms with E-state index in [1.54, 1.807) is 7.11 Å². The fraction of sp³-hybridized carbons (Fsp3) is 0.263. The number of para-hydroxylation sites is 1. The minimum Gasteiger partial charge on any atom is -0.496 e. The molecule has 0 aliphatic heterocycles. The Balaban J connectivity index is 2.20. The van der Waals surface area contributed by atoms with Crippen molar-refractivity contribution in [2.75, 3.05) is 12.4 Å². The number of carbonyl (C=O) groups excluding carboxylic acids is 1. The van der Waals surface area contributed by atoms with Gasteiger partial charge in [-0.1, -0.05) is 19.1 Å². The molecule has 0 aliphatic carbocycles. The molecule has 3 rings (SSSR count). The smallest absolute Gasteiger partial charge is 0.225 e. The van der Waals surface area contributed by atoms with Gasteiger partial charge in [-0.3, -0.25) is 9.20 Å². The van der Waals surface area contributed by atoms with Crippen molar-refractivity contribution >= 4 is 17.4 Å². The molecule has 0 spiro atoms. The Labute approximate surface area is 141 Å². The van der Waals surface area contributed by atoms with E-state index in [-0.39, 0.29) is 5.91 Å². The molecule has 2 aromatic heterocycles. The van der Waals surface area contributed by atoms with E-state index in [0.717, 1.165) is 28.9 Å². The molecule has 0 radical (unpaired) electrons. The summed E-state index contributed by atoms with van der Waals surface area (Å²) >= 11 is 0. The SMILES string of the molecule is CCCC(=O)Nc1c(-c2ccccc2OC)nc2cc(C)ccn12. The number of rotatable bonds is 5. The first-order valence-corrected chi connectivity index (χ1v) is 8.06. The summed E-state index contributed by atoms with van der Waals surface area (Å²) in [6, 6.07) is 11.7. The lowest BCUT2D eigenvalue weighted by Crippen LogP contribution is -2.13. The number of carbonyl (C=O) groups is 1. The summed E-state index contributed by atoms with van der Waals surface area (Å²) in [6.07, 6.45) is 3.20. The molecule has 2 heterocycles. The molecule has 0 atom stereocenters. The number of nitrogens with one attached hydrogen (secondary N) is 1. The van der Waals surface area contributed by atoms with Crippen LogP contribution in [-0.2, 0) is 4.79 Å². The van der Waals surface area contributed by atoms with E-state index in [4.69, 9.17) is 9.72 Å². The van der Waals surface area contributed by atoms with E-state index in [1.807, 2.05) is 60.8 Å². The molecule has 5 heteroatoms. The van der Waals surface area contributed by atoms with Crippen molar-refractivity contribution in [1.29, 1.82) is 0 Å². The third-order valence-corrected chi connectivity index (χ3v) is 3.88. The van der Waals surface area contributed by atoms with Crippen molar-refractivity contribution < 1.29 is 9.53 Å². The zero-order chi connectivity index (χ0) is 17.1. The van der Waals surface area contributed by atoms with Gasteiger partial charge in [0.2, 0.25) is 5.91 Å². The molecule has 1 amide bonds. The fourth-order valence-corrected chi connectivity index (χ4v) is 2.72. The van der Waals surface area contributed by atoms with Crippen LogP contribution in [0.5, 0.6) is 5.75 Å². The fourth-order valence-electron chi connectivity index (χ4n) is 2.72. The molecule has 1 aromatic carbocycles. The van der Waals surface area contributed by atoms with E-state index in [9.17, 15) is 4.79 Å². The summed E-state index contributed by atoms with van der Waals surface area (Å²) in [5, 5.41) is 3.01. The molecule has 0 fully saturated rings. The molecule has 0 saturated heterocycles. The maximum absolute atomic E-state index is 12.2. The number of ether oxygens (including phenoxy) is 1. The average Bonchev–Trinajstić information content (AvgIpc) is 2.92. The van der Waals surface area contributed by atoms with E-state index in [0.29, 0.717) is 17.9 Å². The summed E-state index contributed by atoms with van der Waals surface area (Å²) < 4.78 is 7.37. The molecular weight excluding hydrogens is 302 g/mol. The molecule has 124 valence electrons. The monoisotopic (exact) mass is 323 g/mol. The molecule has 0 unspecified atom stereocenters. The van der Waals surface area contributed by atoms with Crippen LogP contribution >= 0.6 is 0 Å². The number of amides is 1. The number of aromatic nitrogens is 2. The normalized spacial score (nSPS) is 10.8. The van der Waals surface area contributed by atoms with E-state index in [1.165, 1.54) is 0 Å². The van der Waals surface area contributed by atoms with Crippen molar-refractivity contribution in [1.82, 2.24) is 9.38 Å². The third-order valence-electron chi connectivity index (χ3n) is 3.88. The van der Waals surface area contributed by atoms with Gasteiger partial charge in [-0.2, -0.15) is 0 Å². The van der Waals surface area contributed by atoms with Crippen LogP contribution in [0.2, 0.25) is 0 Å². The Hall–Kier alpha value is -2.82. The molecule has 0 bridgehead atoms. The average molecular weight is 323 g/mol. The van der Waals surface area contributed by atoms with Crippen molar-refractivity contribution in [2.24, 2.45) is 0 Å². The van der Waals surface area contributed by atoms with Crippen LogP contribution in [0.1, 0.15) is 25.3 Å². The molecule has 0 saturated carbocycles. The van der Waals surface area contributed by atoms with Crippen LogP contribution in [-0.4, -0.2) is 22.4 Å². The molecular formula is C19H21N3O2. The number of anilines is 1. The molecule has 24 heavy (non-hydrogen) atoms. The number of fused-ring (bicyclic) bond motifs is 1. The van der Waals surface area contributed by atoms with E-state index < -0.39 is 0 Å². The van der Waals surface area contributed by atoms with Gasteiger partial charge in [0, 0.05) is 18.2 Å². The first-order chi connectivity index (χ1) is 11.6. The summed E-state index contributed by atoms with van der Waals surface area (Å²) in [6.45, 7) is 4.01. The zero-order valence-corrected chi connectivity index (χ0v) is 14.2. The molecule has 1 N–H and O–H groups in total. The summed E-state index contributed by atoms with van der Waals surface area (Å²) in [5.74, 6) is 1.38. The van der Waals surface area contributed by atoms with Crippen LogP contribution in [0, 0.1) is 6.92 Å². The van der Waals surface area contributed by atoms with Crippen LogP contribution in [0.3, 0.4) is 0 Å². The van der Waals surface area contributed by atoms with Gasteiger partial charge < -0.3 is 10.1 Å². The number of imidazole rings is 1. The minimum atomic E-state index is -0.0176. The highest BCUT2D eigenvalue weighted by Gasteiger charge is 2.18. The largest absolute Gasteiger partial charge is 0.496 e. The summed E-state index contributed by atoms with van der Waals surface area (Å²) in [7, 11) is 1.63. The van der Waals surface area contributed by atoms with Crippen molar-refractivity contribution in [3.63, 3.8) is 0 Å². The van der Waals surface area contributed by atoms with Gasteiger partial charge in [0.25, 0.3) is 0 Å². The molecule has 5 nitrogen and oxygen atoms in total. The van der Waals surface area contributed by atoms with E-state index in [2.05, 4.69) is 5.32 Å². The maximum atomic E-state index is 12.2. The Morgan fingerprint density at radius 2 is 2.08 bits per heavy atom. The van der Waals surface area contributed by atoms with Gasteiger partial charge in [-0.25, -0.2) is 4.98 Å². The quantitative estimate of drug-likeness (QED) is 0.770. The van der Waals surface area contributed by atoms with Crippen molar-refractivity contribution in [3.8, 4) is 17.0 Å². The van der Waals surface area contributed by atoms with Gasteiger partial charge >= 0.3 is 0 Å². The van der Waals surface area contributed by atoms with Crippen molar-refractivity contribution in [3.05, 3.63) is 48.2 Å². The Kier molecular flexibility index (Phi) is 4.51. The number of benzene rings is 1. The van der Waals surface area contributed by atoms with Gasteiger partial charge in [0.1, 0.15) is 22.9 Å². The third kappa shape index (κ3) is 2.97. The first kappa shape index (κ1) is 16.1. The number of hydrogen-bond donors (Lipinski definition) is 1. The topological polar surface area (TPSA) is 55.6 Å². The standard InChI is InChI=1S/C19H21N3O2/c1-4-7-17(23)21-19-18(14-8-5-6-9-15(14)24-3)20-16-12-13(2)10-11-22(16)19/h5-6,8-12H,4,7H2,1-3H3,(H,21,23). The van der Waals surface area contributed by atoms with Crippen LogP contribution in [0.4, 0.5) is 5.82 Å². The predicted octanol–water partition coefficient (Wildman–Crippen LogP) is 4.06. The Bertz CT molecular complexity index is 883. The van der Waals surface area contributed by atoms with Crippen LogP contribution in [0.25, 0.3) is 16.9 Å². The van der Waals surface area contributed by atoms with Gasteiger partial charge in [-0.15, -0.1) is 0 Å². The molecule has 0 aliphatic rings. The lowest BCUT2D eigenvalue weighted by molar-refractivity contribution is -0.116. The second-order valence-electron chi connectivity index (χ2n) is 5.74. The predicted molar refractivity (Wildman–Crippen MR) is 95.5 cm³/mol. The number of methoxy groups -OCH3 is 1. The van der Waals surface area contributed by atoms with Crippen LogP contribution < -0.4 is 10.1 Å². The summed E-state index contributed by atoms with van der Waals surface area (Å²) in [5.41, 5.74) is 3.48. The first-order valence-electron chi connectivity index (χ1n) is 8.06. The zero-order valence-electron chi connectivity index (χ0n) is 14.2. The number of hydrogen-bond acceptors (Lipinski definition) is 3. The molecule has 3 aromatic rings. The highest BCUT2D eigenvalue weighted by Crippen LogP contribution is 2.35. The van der Waals surface area contributed by atoms with Gasteiger partial charge in [-0.05, 0) is 43.2 Å². The minimum absolute atomic E-state index is 0.0176. The lowest BCUT2D eigenvalue weighted by atomic mass is 10.1. The second kappa shape index (κ2) is 6.74. The van der Waals surface area contributed by atoms with Gasteiger partial charge in [0.05, 0.1) is 7.11 Å². The highest BCUT2D eigenvalue weighted by atomic mass is 16.5. The Morgan fingerprint density at radius 1 is 1.29 bits per heavy atom. The van der Waals surface area contributed by atoms with Crippen molar-refractivity contribution in [2.45, 2.75) is 26.7 Å². The van der Waals surface area contributed by atoms with E-state index >= 15 is 0 Å². The number of aryl methyl sites for hydroxylation is 1. The lowest BCUT2D eigenvalue weighted by Gasteiger charge is -2.10. The highest BCUT2D eigenvalue weighted by molar-refractivity contribution is 5.95. The number of nitrogens with zero attached hydrogens (tertiary/aromatic N) is 2. The number of pyridine rings is 1. The second-order valence-corrected chi connectivity index (χ2v) is 5.74. The Morgan fingerprint density at radius 3 is 2.83 bits per heavy atom.